The van der Waals surface area contributed by atoms with Crippen LogP contribution in [0.15, 0.2) is 23.4 Å². The van der Waals surface area contributed by atoms with E-state index < -0.39 is 35.3 Å². The van der Waals surface area contributed by atoms with E-state index in [1.165, 1.54) is 21.1 Å². The van der Waals surface area contributed by atoms with Gasteiger partial charge in [-0.05, 0) is 38.5 Å². The fourth-order valence-electron chi connectivity index (χ4n) is 4.06. The van der Waals surface area contributed by atoms with Crippen molar-refractivity contribution < 1.29 is 38.9 Å². The van der Waals surface area contributed by atoms with Crippen LogP contribution >= 0.6 is 0 Å². The minimum absolute atomic E-state index is 0.0267. The molecule has 4 atom stereocenters. The summed E-state index contributed by atoms with van der Waals surface area (Å²) >= 11 is 0. The number of carbonyl (C=O) groups excluding carboxylic acids is 2. The number of carbonyl (C=O) groups is 2. The first-order chi connectivity index (χ1) is 14.2. The Morgan fingerprint density at radius 3 is 2.23 bits per heavy atom. The van der Waals surface area contributed by atoms with Gasteiger partial charge in [0.25, 0.3) is 0 Å². The van der Waals surface area contributed by atoms with Gasteiger partial charge in [-0.25, -0.2) is 0 Å². The summed E-state index contributed by atoms with van der Waals surface area (Å²) in [6.07, 6.45) is -0.194. The maximum atomic E-state index is 12.9. The summed E-state index contributed by atoms with van der Waals surface area (Å²) in [4.78, 5) is 25.8. The minimum atomic E-state index is -1.63. The zero-order valence-electron chi connectivity index (χ0n) is 17.9. The van der Waals surface area contributed by atoms with Crippen molar-refractivity contribution in [2.75, 3.05) is 27.4 Å². The van der Waals surface area contributed by atoms with Gasteiger partial charge in [0.15, 0.2) is 11.5 Å². The lowest BCUT2D eigenvalue weighted by atomic mass is 9.61. The number of hydrogen-bond acceptors (Lipinski definition) is 9. The quantitative estimate of drug-likeness (QED) is 0.388. The highest BCUT2D eigenvalue weighted by atomic mass is 16.5. The van der Waals surface area contributed by atoms with Crippen molar-refractivity contribution in [1.29, 1.82) is 0 Å². The Morgan fingerprint density at radius 1 is 1.10 bits per heavy atom. The second kappa shape index (κ2) is 9.80. The average molecular weight is 423 g/mol. The Hall–Kier alpha value is -2.81. The predicted octanol–water partition coefficient (Wildman–Crippen LogP) is 2.13. The van der Waals surface area contributed by atoms with E-state index in [2.05, 4.69) is 5.16 Å². The normalized spacial score (nSPS) is 27.4. The molecule has 0 aromatic heterocycles. The highest BCUT2D eigenvalue weighted by Gasteiger charge is 2.56. The Labute approximate surface area is 175 Å². The molecule has 0 amide bonds. The third kappa shape index (κ3) is 4.51. The summed E-state index contributed by atoms with van der Waals surface area (Å²) in [6, 6.07) is 4.93. The average Bonchev–Trinajstić information content (AvgIpc) is 2.71. The molecule has 1 saturated carbocycles. The molecule has 4 unspecified atom stereocenters. The summed E-state index contributed by atoms with van der Waals surface area (Å²) in [6.45, 7) is 4.97. The molecule has 166 valence electrons. The SMILES string of the molecule is CCOC(=O)C1/C(=N/O)CC(C)(O)C(C(=O)OCC)C1c1ccc(OC)c(OC)c1. The number of esters is 2. The van der Waals surface area contributed by atoms with Gasteiger partial charge in [0.1, 0.15) is 5.92 Å². The molecule has 1 aromatic carbocycles. The van der Waals surface area contributed by atoms with Gasteiger partial charge in [-0.1, -0.05) is 11.2 Å². The van der Waals surface area contributed by atoms with Crippen molar-refractivity contribution in [3.8, 4) is 11.5 Å². The van der Waals surface area contributed by atoms with Gasteiger partial charge in [-0.2, -0.15) is 0 Å². The van der Waals surface area contributed by atoms with E-state index in [4.69, 9.17) is 18.9 Å². The van der Waals surface area contributed by atoms with Gasteiger partial charge in [0, 0.05) is 12.3 Å². The highest BCUT2D eigenvalue weighted by Crippen LogP contribution is 2.48. The molecule has 0 spiro atoms. The number of ether oxygens (including phenoxy) is 4. The molecule has 0 aliphatic heterocycles. The molecule has 2 rings (SSSR count). The summed E-state index contributed by atoms with van der Waals surface area (Å²) in [5.41, 5.74) is -1.10. The number of rotatable bonds is 7. The third-order valence-electron chi connectivity index (χ3n) is 5.29. The topological polar surface area (TPSA) is 124 Å². The number of hydrogen-bond donors (Lipinski definition) is 2. The van der Waals surface area contributed by atoms with Crippen LogP contribution in [-0.4, -0.2) is 61.0 Å². The van der Waals surface area contributed by atoms with E-state index in [9.17, 15) is 19.9 Å². The van der Waals surface area contributed by atoms with Crippen LogP contribution in [0.1, 0.15) is 38.7 Å². The molecular formula is C21H29NO8. The first kappa shape index (κ1) is 23.5. The smallest absolute Gasteiger partial charge is 0.315 e. The van der Waals surface area contributed by atoms with Crippen molar-refractivity contribution >= 4 is 17.7 Å². The summed E-state index contributed by atoms with van der Waals surface area (Å²) in [5.74, 6) is -3.60. The van der Waals surface area contributed by atoms with Crippen LogP contribution < -0.4 is 9.47 Å². The Kier molecular flexibility index (Phi) is 7.66. The van der Waals surface area contributed by atoms with Crippen LogP contribution in [0.25, 0.3) is 0 Å². The molecule has 1 aromatic rings. The zero-order chi connectivity index (χ0) is 22.5. The molecule has 0 heterocycles. The lowest BCUT2D eigenvalue weighted by Gasteiger charge is -2.44. The van der Waals surface area contributed by atoms with Gasteiger partial charge in [0.05, 0.1) is 44.7 Å². The number of benzene rings is 1. The fraction of sp³-hybridized carbons (Fsp3) is 0.571. The number of oxime groups is 1. The lowest BCUT2D eigenvalue weighted by molar-refractivity contribution is -0.163. The number of aliphatic hydroxyl groups is 1. The monoisotopic (exact) mass is 423 g/mol. The Bertz CT molecular complexity index is 804. The van der Waals surface area contributed by atoms with E-state index in [0.29, 0.717) is 17.1 Å². The van der Waals surface area contributed by atoms with Crippen molar-refractivity contribution in [2.24, 2.45) is 17.0 Å². The van der Waals surface area contributed by atoms with Crippen molar-refractivity contribution in [2.45, 2.75) is 38.7 Å². The van der Waals surface area contributed by atoms with Gasteiger partial charge in [-0.3, -0.25) is 9.59 Å². The minimum Gasteiger partial charge on any atom is -0.493 e. The molecule has 2 N–H and O–H groups in total. The standard InChI is InChI=1S/C21H29NO8/c1-6-29-19(23)17-13(22-26)11-21(3,25)18(20(24)30-7-2)16(17)12-8-9-14(27-4)15(10-12)28-5/h8-10,16-18,25-26H,6-7,11H2,1-5H3/b22-13+. The molecule has 0 saturated heterocycles. The first-order valence-corrected chi connectivity index (χ1v) is 9.74. The summed E-state index contributed by atoms with van der Waals surface area (Å²) in [7, 11) is 2.95. The molecule has 9 heteroatoms. The maximum Gasteiger partial charge on any atom is 0.315 e. The van der Waals surface area contributed by atoms with E-state index in [0.717, 1.165) is 0 Å². The second-order valence-electron chi connectivity index (χ2n) is 7.22. The maximum absolute atomic E-state index is 12.9. The molecule has 9 nitrogen and oxygen atoms in total. The summed E-state index contributed by atoms with van der Waals surface area (Å²) in [5, 5.41) is 24.0. The van der Waals surface area contributed by atoms with E-state index >= 15 is 0 Å². The predicted molar refractivity (Wildman–Crippen MR) is 107 cm³/mol. The zero-order valence-corrected chi connectivity index (χ0v) is 17.9. The van der Waals surface area contributed by atoms with Gasteiger partial charge in [0.2, 0.25) is 0 Å². The van der Waals surface area contributed by atoms with Gasteiger partial charge >= 0.3 is 11.9 Å². The Balaban J connectivity index is 2.73. The Morgan fingerprint density at radius 2 is 1.70 bits per heavy atom. The van der Waals surface area contributed by atoms with Crippen LogP contribution in [-0.2, 0) is 19.1 Å². The largest absolute Gasteiger partial charge is 0.493 e. The van der Waals surface area contributed by atoms with E-state index in [1.807, 2.05) is 0 Å². The van der Waals surface area contributed by atoms with E-state index in [1.54, 1.807) is 32.0 Å². The van der Waals surface area contributed by atoms with Crippen LogP contribution in [0.3, 0.4) is 0 Å². The highest BCUT2D eigenvalue weighted by molar-refractivity contribution is 6.05. The van der Waals surface area contributed by atoms with Crippen LogP contribution in [0.2, 0.25) is 0 Å². The van der Waals surface area contributed by atoms with Crippen LogP contribution in [0.4, 0.5) is 0 Å². The molecule has 0 bridgehead atoms. The van der Waals surface area contributed by atoms with Crippen LogP contribution in [0.5, 0.6) is 11.5 Å². The molecule has 1 aliphatic rings. The molecular weight excluding hydrogens is 394 g/mol. The molecule has 30 heavy (non-hydrogen) atoms. The van der Waals surface area contributed by atoms with Gasteiger partial charge in [-0.15, -0.1) is 0 Å². The lowest BCUT2D eigenvalue weighted by Crippen LogP contribution is -2.55. The molecule has 1 fully saturated rings. The second-order valence-corrected chi connectivity index (χ2v) is 7.22. The third-order valence-corrected chi connectivity index (χ3v) is 5.29. The van der Waals surface area contributed by atoms with Crippen molar-refractivity contribution in [3.05, 3.63) is 23.8 Å². The number of nitrogens with zero attached hydrogens (tertiary/aromatic N) is 1. The number of methoxy groups -OCH3 is 2. The van der Waals surface area contributed by atoms with Crippen LogP contribution in [0, 0.1) is 11.8 Å². The van der Waals surface area contributed by atoms with Crippen molar-refractivity contribution in [3.63, 3.8) is 0 Å². The van der Waals surface area contributed by atoms with Gasteiger partial charge < -0.3 is 29.3 Å². The van der Waals surface area contributed by atoms with Crippen molar-refractivity contribution in [1.82, 2.24) is 0 Å². The van der Waals surface area contributed by atoms with E-state index in [-0.39, 0.29) is 25.3 Å². The summed E-state index contributed by atoms with van der Waals surface area (Å²) < 4.78 is 21.0. The fourth-order valence-corrected chi connectivity index (χ4v) is 4.06. The molecule has 1 aliphatic carbocycles. The first-order valence-electron chi connectivity index (χ1n) is 9.74. The molecule has 0 radical (unpaired) electrons.